The van der Waals surface area contributed by atoms with Gasteiger partial charge in [0.2, 0.25) is 5.91 Å². The predicted octanol–water partition coefficient (Wildman–Crippen LogP) is 3.02. The van der Waals surface area contributed by atoms with Crippen molar-refractivity contribution in [2.45, 2.75) is 39.7 Å². The van der Waals surface area contributed by atoms with Gasteiger partial charge in [0.25, 0.3) is 0 Å². The lowest BCUT2D eigenvalue weighted by Gasteiger charge is -2.35. The number of methoxy groups -OCH3 is 1. The molecule has 1 aromatic rings. The molecule has 132 valence electrons. The van der Waals surface area contributed by atoms with E-state index in [4.69, 9.17) is 17.0 Å². The van der Waals surface area contributed by atoms with Gasteiger partial charge in [0, 0.05) is 36.3 Å². The average molecular weight is 350 g/mol. The van der Waals surface area contributed by atoms with Crippen molar-refractivity contribution in [3.05, 3.63) is 24.3 Å². The largest absolute Gasteiger partial charge is 0.497 e. The summed E-state index contributed by atoms with van der Waals surface area (Å²) in [6.07, 6.45) is 1.81. The molecule has 2 N–H and O–H groups in total. The van der Waals surface area contributed by atoms with E-state index in [1.165, 1.54) is 0 Å². The highest BCUT2D eigenvalue weighted by Crippen LogP contribution is 2.19. The van der Waals surface area contributed by atoms with Crippen molar-refractivity contribution >= 4 is 28.9 Å². The van der Waals surface area contributed by atoms with Crippen LogP contribution in [-0.4, -0.2) is 42.2 Å². The number of rotatable bonds is 3. The fourth-order valence-corrected chi connectivity index (χ4v) is 2.83. The molecule has 1 heterocycles. The van der Waals surface area contributed by atoms with Crippen molar-refractivity contribution in [2.24, 2.45) is 5.41 Å². The molecule has 24 heavy (non-hydrogen) atoms. The number of piperidine rings is 1. The zero-order valence-electron chi connectivity index (χ0n) is 14.9. The number of hydrogen-bond acceptors (Lipinski definition) is 3. The Morgan fingerprint density at radius 2 is 1.96 bits per heavy atom. The molecular formula is C18H27N3O2S. The Balaban J connectivity index is 1.83. The number of nitrogens with zero attached hydrogens (tertiary/aromatic N) is 1. The molecule has 2 rings (SSSR count). The summed E-state index contributed by atoms with van der Waals surface area (Å²) in [6.45, 7) is 7.48. The average Bonchev–Trinajstić information content (AvgIpc) is 2.54. The SMILES string of the molecule is COc1cccc(NC(=S)N2CCC(NC(=O)C(C)(C)C)CC2)c1. The fourth-order valence-electron chi connectivity index (χ4n) is 2.53. The maximum absolute atomic E-state index is 12.1. The molecule has 1 fully saturated rings. The van der Waals surface area contributed by atoms with Gasteiger partial charge >= 0.3 is 0 Å². The van der Waals surface area contributed by atoms with Crippen LogP contribution in [0.5, 0.6) is 5.75 Å². The van der Waals surface area contributed by atoms with E-state index < -0.39 is 0 Å². The molecule has 0 unspecified atom stereocenters. The van der Waals surface area contributed by atoms with Gasteiger partial charge in [-0.2, -0.15) is 0 Å². The lowest BCUT2D eigenvalue weighted by atomic mass is 9.94. The highest BCUT2D eigenvalue weighted by molar-refractivity contribution is 7.80. The van der Waals surface area contributed by atoms with E-state index in [0.29, 0.717) is 5.11 Å². The third-order valence-corrected chi connectivity index (χ3v) is 4.48. The number of likely N-dealkylation sites (tertiary alicyclic amines) is 1. The van der Waals surface area contributed by atoms with E-state index in [2.05, 4.69) is 15.5 Å². The zero-order chi connectivity index (χ0) is 17.7. The molecule has 5 nitrogen and oxygen atoms in total. The molecule has 0 aromatic heterocycles. The van der Waals surface area contributed by atoms with Crippen LogP contribution in [0.2, 0.25) is 0 Å². The Morgan fingerprint density at radius 1 is 1.29 bits per heavy atom. The highest BCUT2D eigenvalue weighted by Gasteiger charge is 2.27. The molecule has 1 aromatic carbocycles. The molecule has 6 heteroatoms. The maximum Gasteiger partial charge on any atom is 0.225 e. The number of anilines is 1. The summed E-state index contributed by atoms with van der Waals surface area (Å²) in [5, 5.41) is 7.11. The van der Waals surface area contributed by atoms with Crippen LogP contribution >= 0.6 is 12.2 Å². The summed E-state index contributed by atoms with van der Waals surface area (Å²) in [4.78, 5) is 14.2. The lowest BCUT2D eigenvalue weighted by molar-refractivity contribution is -0.129. The third kappa shape index (κ3) is 5.09. The van der Waals surface area contributed by atoms with Crippen molar-refractivity contribution in [3.8, 4) is 5.75 Å². The molecule has 1 saturated heterocycles. The second-order valence-corrected chi connectivity index (χ2v) is 7.53. The molecule has 1 aliphatic heterocycles. The summed E-state index contributed by atoms with van der Waals surface area (Å²) < 4.78 is 5.22. The third-order valence-electron chi connectivity index (χ3n) is 4.12. The van der Waals surface area contributed by atoms with E-state index in [9.17, 15) is 4.79 Å². The molecule has 0 atom stereocenters. The van der Waals surface area contributed by atoms with Crippen molar-refractivity contribution in [3.63, 3.8) is 0 Å². The summed E-state index contributed by atoms with van der Waals surface area (Å²) in [6, 6.07) is 7.94. The van der Waals surface area contributed by atoms with E-state index in [-0.39, 0.29) is 17.4 Å². The Morgan fingerprint density at radius 3 is 2.54 bits per heavy atom. The van der Waals surface area contributed by atoms with Crippen LogP contribution in [0.25, 0.3) is 0 Å². The summed E-state index contributed by atoms with van der Waals surface area (Å²) in [7, 11) is 1.65. The summed E-state index contributed by atoms with van der Waals surface area (Å²) in [5.74, 6) is 0.907. The van der Waals surface area contributed by atoms with Crippen LogP contribution in [0.3, 0.4) is 0 Å². The standard InChI is InChI=1S/C18H27N3O2S/c1-18(2,3)16(22)19-13-8-10-21(11-9-13)17(24)20-14-6-5-7-15(12-14)23-4/h5-7,12-13H,8-11H2,1-4H3,(H,19,22)(H,20,24). The Labute approximate surface area is 149 Å². The molecule has 0 aliphatic carbocycles. The van der Waals surface area contributed by atoms with Gasteiger partial charge in [-0.1, -0.05) is 26.8 Å². The maximum atomic E-state index is 12.1. The molecule has 0 saturated carbocycles. The number of carbonyl (C=O) groups excluding carboxylic acids is 1. The molecule has 1 aliphatic rings. The van der Waals surface area contributed by atoms with Crippen molar-refractivity contribution in [2.75, 3.05) is 25.5 Å². The monoisotopic (exact) mass is 349 g/mol. The number of carbonyl (C=O) groups is 1. The first kappa shape index (κ1) is 18.5. The van der Waals surface area contributed by atoms with E-state index in [1.54, 1.807) is 7.11 Å². The van der Waals surface area contributed by atoms with Gasteiger partial charge in [-0.05, 0) is 37.2 Å². The van der Waals surface area contributed by atoms with Crippen LogP contribution in [0.4, 0.5) is 5.69 Å². The lowest BCUT2D eigenvalue weighted by Crippen LogP contribution is -2.49. The van der Waals surface area contributed by atoms with E-state index >= 15 is 0 Å². The van der Waals surface area contributed by atoms with Crippen molar-refractivity contribution in [1.29, 1.82) is 0 Å². The normalized spacial score (nSPS) is 15.8. The predicted molar refractivity (Wildman–Crippen MR) is 101 cm³/mol. The number of nitrogens with one attached hydrogen (secondary N) is 2. The zero-order valence-corrected chi connectivity index (χ0v) is 15.7. The first-order valence-electron chi connectivity index (χ1n) is 8.30. The summed E-state index contributed by atoms with van der Waals surface area (Å²) >= 11 is 5.51. The smallest absolute Gasteiger partial charge is 0.225 e. The van der Waals surface area contributed by atoms with Crippen LogP contribution in [0.1, 0.15) is 33.6 Å². The topological polar surface area (TPSA) is 53.6 Å². The second kappa shape index (κ2) is 7.83. The molecule has 1 amide bonds. The first-order chi connectivity index (χ1) is 11.3. The Hall–Kier alpha value is -1.82. The van der Waals surface area contributed by atoms with Crippen LogP contribution in [0.15, 0.2) is 24.3 Å². The van der Waals surface area contributed by atoms with Crippen molar-refractivity contribution < 1.29 is 9.53 Å². The molecular weight excluding hydrogens is 322 g/mol. The minimum Gasteiger partial charge on any atom is -0.497 e. The van der Waals surface area contributed by atoms with Crippen LogP contribution in [0, 0.1) is 5.41 Å². The Bertz CT molecular complexity index is 590. The number of benzene rings is 1. The Kier molecular flexibility index (Phi) is 6.04. The first-order valence-corrected chi connectivity index (χ1v) is 8.71. The van der Waals surface area contributed by atoms with Crippen LogP contribution < -0.4 is 15.4 Å². The van der Waals surface area contributed by atoms with Gasteiger partial charge in [0.15, 0.2) is 5.11 Å². The van der Waals surface area contributed by atoms with Gasteiger partial charge < -0.3 is 20.3 Å². The minimum atomic E-state index is -0.347. The van der Waals surface area contributed by atoms with Gasteiger partial charge in [0.05, 0.1) is 7.11 Å². The second-order valence-electron chi connectivity index (χ2n) is 7.15. The number of hydrogen-bond donors (Lipinski definition) is 2. The van der Waals surface area contributed by atoms with Crippen LogP contribution in [-0.2, 0) is 4.79 Å². The number of thiocarbonyl (C=S) groups is 1. The fraction of sp³-hybridized carbons (Fsp3) is 0.556. The number of ether oxygens (including phenoxy) is 1. The minimum absolute atomic E-state index is 0.109. The summed E-state index contributed by atoms with van der Waals surface area (Å²) in [5.41, 5.74) is 0.572. The quantitative estimate of drug-likeness (QED) is 0.822. The highest BCUT2D eigenvalue weighted by atomic mass is 32.1. The van der Waals surface area contributed by atoms with Gasteiger partial charge in [0.1, 0.15) is 5.75 Å². The van der Waals surface area contributed by atoms with Gasteiger partial charge in [-0.15, -0.1) is 0 Å². The molecule has 0 spiro atoms. The number of amides is 1. The van der Waals surface area contributed by atoms with E-state index in [0.717, 1.165) is 37.4 Å². The molecule has 0 radical (unpaired) electrons. The molecule has 0 bridgehead atoms. The van der Waals surface area contributed by atoms with Crippen molar-refractivity contribution in [1.82, 2.24) is 10.2 Å². The van der Waals surface area contributed by atoms with Gasteiger partial charge in [-0.25, -0.2) is 0 Å². The van der Waals surface area contributed by atoms with E-state index in [1.807, 2.05) is 45.0 Å². The van der Waals surface area contributed by atoms with Gasteiger partial charge in [-0.3, -0.25) is 4.79 Å².